The van der Waals surface area contributed by atoms with E-state index in [1.165, 1.54) is 32.1 Å². The number of ether oxygens (including phenoxy) is 2. The van der Waals surface area contributed by atoms with E-state index in [2.05, 4.69) is 59.6 Å². The average Bonchev–Trinajstić information content (AvgIpc) is 3.30. The summed E-state index contributed by atoms with van der Waals surface area (Å²) in [6.07, 6.45) is 8.69. The van der Waals surface area contributed by atoms with E-state index in [1.54, 1.807) is 0 Å². The van der Waals surface area contributed by atoms with Crippen LogP contribution >= 0.6 is 0 Å². The Balaban J connectivity index is 1.62. The Hall–Kier alpha value is -0.383. The molecule has 1 saturated heterocycles. The zero-order valence-corrected chi connectivity index (χ0v) is 23.2. The Kier molecular flexibility index (Phi) is 7.20. The van der Waals surface area contributed by atoms with Gasteiger partial charge in [0.1, 0.15) is 6.10 Å². The topological polar surface area (TPSA) is 47.9 Å². The van der Waals surface area contributed by atoms with E-state index < -0.39 is 14.1 Å². The average molecular weight is 477 g/mol. The number of aliphatic hydroxyl groups excluding tert-OH is 1. The molecule has 1 heterocycles. The standard InChI is InChI=1S/C28H48O4Si/c1-8-27-17-16-23(29)22(25(27)20(2)28(27)30-18-19-31-28)14-15-24(21-12-10-9-11-13-21)32-33(6,7)26(3,4)5/h20-25,29H,8-13,16-19H2,1-7H3/t20?,22-,23+,24-,25+,27-/m1/s1. The molecule has 1 N–H and O–H groups in total. The summed E-state index contributed by atoms with van der Waals surface area (Å²) in [7, 11) is -1.94. The minimum absolute atomic E-state index is 0.0142. The largest absolute Gasteiger partial charge is 0.403 e. The van der Waals surface area contributed by atoms with E-state index in [-0.39, 0.29) is 34.5 Å². The first-order valence-electron chi connectivity index (χ1n) is 13.6. The number of aliphatic hydroxyl groups is 1. The molecule has 0 aromatic heterocycles. The highest BCUT2D eigenvalue weighted by Crippen LogP contribution is 2.70. The Morgan fingerprint density at radius 3 is 2.30 bits per heavy atom. The molecule has 1 spiro atoms. The van der Waals surface area contributed by atoms with Gasteiger partial charge in [-0.3, -0.25) is 0 Å². The second-order valence-corrected chi connectivity index (χ2v) is 17.6. The smallest absolute Gasteiger partial charge is 0.193 e. The van der Waals surface area contributed by atoms with Crippen molar-refractivity contribution in [2.75, 3.05) is 13.2 Å². The maximum atomic E-state index is 11.1. The summed E-state index contributed by atoms with van der Waals surface area (Å²) >= 11 is 0. The Morgan fingerprint density at radius 2 is 1.73 bits per heavy atom. The van der Waals surface area contributed by atoms with Crippen LogP contribution in [0.2, 0.25) is 18.1 Å². The lowest BCUT2D eigenvalue weighted by Gasteiger charge is -2.69. The molecule has 0 amide bonds. The van der Waals surface area contributed by atoms with Crippen molar-refractivity contribution >= 4 is 8.32 Å². The van der Waals surface area contributed by atoms with Crippen molar-refractivity contribution in [3.63, 3.8) is 0 Å². The molecule has 5 heteroatoms. The quantitative estimate of drug-likeness (QED) is 0.391. The predicted octanol–water partition coefficient (Wildman–Crippen LogP) is 6.14. The minimum Gasteiger partial charge on any atom is -0.403 e. The summed E-state index contributed by atoms with van der Waals surface area (Å²) in [6, 6.07) is 0. The predicted molar refractivity (Wildman–Crippen MR) is 135 cm³/mol. The van der Waals surface area contributed by atoms with Crippen molar-refractivity contribution in [2.45, 2.75) is 122 Å². The molecule has 4 fully saturated rings. The molecular weight excluding hydrogens is 428 g/mol. The van der Waals surface area contributed by atoms with Gasteiger partial charge in [0.25, 0.3) is 0 Å². The monoisotopic (exact) mass is 476 g/mol. The van der Waals surface area contributed by atoms with Crippen LogP contribution in [0.3, 0.4) is 0 Å². The Bertz CT molecular complexity index is 750. The van der Waals surface area contributed by atoms with Crippen LogP contribution in [-0.2, 0) is 13.9 Å². The SMILES string of the molecule is CC[C@@]12CC[C@H](O)[C@@H](C#C[C@@H](O[Si](C)(C)C(C)(C)C)C3CCCCC3)[C@@H]1C(C)C21OCCO1. The van der Waals surface area contributed by atoms with Gasteiger partial charge in [-0.05, 0) is 62.1 Å². The first kappa shape index (κ1) is 25.7. The van der Waals surface area contributed by atoms with Crippen LogP contribution in [0, 0.1) is 40.9 Å². The second kappa shape index (κ2) is 9.25. The van der Waals surface area contributed by atoms with Gasteiger partial charge in [0.2, 0.25) is 0 Å². The molecule has 0 bridgehead atoms. The van der Waals surface area contributed by atoms with Crippen molar-refractivity contribution in [3.05, 3.63) is 0 Å². The fourth-order valence-corrected chi connectivity index (χ4v) is 8.54. The van der Waals surface area contributed by atoms with Crippen LogP contribution < -0.4 is 0 Å². The summed E-state index contributed by atoms with van der Waals surface area (Å²) in [5.41, 5.74) is -0.0257. The molecule has 0 aromatic carbocycles. The van der Waals surface area contributed by atoms with Gasteiger partial charge in [-0.2, -0.15) is 0 Å². The van der Waals surface area contributed by atoms with Crippen LogP contribution in [0.25, 0.3) is 0 Å². The molecule has 1 aliphatic heterocycles. The van der Waals surface area contributed by atoms with Crippen molar-refractivity contribution in [3.8, 4) is 11.8 Å². The molecular formula is C28H48O4Si. The summed E-state index contributed by atoms with van der Waals surface area (Å²) in [5, 5.41) is 11.3. The fourth-order valence-electron chi connectivity index (χ4n) is 7.30. The maximum Gasteiger partial charge on any atom is 0.193 e. The molecule has 188 valence electrons. The summed E-state index contributed by atoms with van der Waals surface area (Å²) in [6.45, 7) is 17.5. The van der Waals surface area contributed by atoms with Crippen molar-refractivity contribution in [2.24, 2.45) is 29.1 Å². The molecule has 4 nitrogen and oxygen atoms in total. The second-order valence-electron chi connectivity index (χ2n) is 12.8. The number of rotatable bonds is 4. The lowest BCUT2D eigenvalue weighted by molar-refractivity contribution is -0.387. The molecule has 3 saturated carbocycles. The van der Waals surface area contributed by atoms with Gasteiger partial charge in [-0.25, -0.2) is 0 Å². The van der Waals surface area contributed by atoms with Gasteiger partial charge >= 0.3 is 0 Å². The van der Waals surface area contributed by atoms with Crippen molar-refractivity contribution in [1.82, 2.24) is 0 Å². The van der Waals surface area contributed by atoms with Gasteiger partial charge in [-0.1, -0.05) is 65.7 Å². The lowest BCUT2D eigenvalue weighted by Crippen LogP contribution is -2.74. The molecule has 4 rings (SSSR count). The van der Waals surface area contributed by atoms with E-state index in [0.717, 1.165) is 19.3 Å². The molecule has 33 heavy (non-hydrogen) atoms. The van der Waals surface area contributed by atoms with Crippen LogP contribution in [0.4, 0.5) is 0 Å². The Morgan fingerprint density at radius 1 is 1.09 bits per heavy atom. The summed E-state index contributed by atoms with van der Waals surface area (Å²) < 4.78 is 19.5. The highest BCUT2D eigenvalue weighted by molar-refractivity contribution is 6.74. The van der Waals surface area contributed by atoms with E-state index in [9.17, 15) is 5.11 Å². The van der Waals surface area contributed by atoms with E-state index in [1.807, 2.05) is 0 Å². The number of hydrogen-bond acceptors (Lipinski definition) is 4. The normalized spacial score (nSPS) is 37.7. The number of fused-ring (bicyclic) bond motifs is 2. The molecule has 6 atom stereocenters. The van der Waals surface area contributed by atoms with Gasteiger partial charge in [0, 0.05) is 11.3 Å². The first-order chi connectivity index (χ1) is 15.5. The molecule has 0 radical (unpaired) electrons. The van der Waals surface area contributed by atoms with Crippen molar-refractivity contribution < 1.29 is 19.0 Å². The van der Waals surface area contributed by atoms with Crippen LogP contribution in [-0.4, -0.2) is 44.6 Å². The van der Waals surface area contributed by atoms with Crippen LogP contribution in [0.15, 0.2) is 0 Å². The molecule has 4 aliphatic rings. The third-order valence-electron chi connectivity index (χ3n) is 10.2. The van der Waals surface area contributed by atoms with Gasteiger partial charge < -0.3 is 19.0 Å². The van der Waals surface area contributed by atoms with E-state index in [4.69, 9.17) is 13.9 Å². The van der Waals surface area contributed by atoms with Crippen molar-refractivity contribution in [1.29, 1.82) is 0 Å². The van der Waals surface area contributed by atoms with Crippen LogP contribution in [0.1, 0.15) is 86.0 Å². The van der Waals surface area contributed by atoms with Gasteiger partial charge in [-0.15, -0.1) is 0 Å². The zero-order valence-electron chi connectivity index (χ0n) is 22.2. The lowest BCUT2D eigenvalue weighted by atomic mass is 9.40. The Labute approximate surface area is 203 Å². The third-order valence-corrected chi connectivity index (χ3v) is 14.7. The van der Waals surface area contributed by atoms with Gasteiger partial charge in [0.05, 0.1) is 25.2 Å². The first-order valence-corrected chi connectivity index (χ1v) is 16.5. The van der Waals surface area contributed by atoms with Crippen LogP contribution in [0.5, 0.6) is 0 Å². The molecule has 0 aromatic rings. The third kappa shape index (κ3) is 4.16. The highest BCUT2D eigenvalue weighted by atomic mass is 28.4. The zero-order chi connectivity index (χ0) is 24.1. The molecule has 3 aliphatic carbocycles. The fraction of sp³-hybridized carbons (Fsp3) is 0.929. The number of hydrogen-bond donors (Lipinski definition) is 1. The molecule has 1 unspecified atom stereocenters. The van der Waals surface area contributed by atoms with E-state index >= 15 is 0 Å². The maximum absolute atomic E-state index is 11.1. The van der Waals surface area contributed by atoms with E-state index in [0.29, 0.717) is 25.0 Å². The minimum atomic E-state index is -1.94. The summed E-state index contributed by atoms with van der Waals surface area (Å²) in [5.74, 6) is 7.92. The van der Waals surface area contributed by atoms with Gasteiger partial charge in [0.15, 0.2) is 14.1 Å². The summed E-state index contributed by atoms with van der Waals surface area (Å²) in [4.78, 5) is 0. The highest BCUT2D eigenvalue weighted by Gasteiger charge is 2.75.